The van der Waals surface area contributed by atoms with Crippen LogP contribution in [0.1, 0.15) is 27.0 Å². The Labute approximate surface area is 168 Å². The molecule has 1 aliphatic heterocycles. The highest BCUT2D eigenvalue weighted by molar-refractivity contribution is 6.30. The van der Waals surface area contributed by atoms with Gasteiger partial charge in [0.2, 0.25) is 0 Å². The van der Waals surface area contributed by atoms with Crippen LogP contribution in [0.15, 0.2) is 78.9 Å². The third-order valence-electron chi connectivity index (χ3n) is 5.01. The molecule has 0 aliphatic carbocycles. The van der Waals surface area contributed by atoms with Crippen molar-refractivity contribution in [3.63, 3.8) is 0 Å². The maximum Gasteiger partial charge on any atom is 0.274 e. The number of carbonyl (C=O) groups excluding carboxylic acids is 2. The Morgan fingerprint density at radius 3 is 2.28 bits per heavy atom. The number of fused-ring (bicyclic) bond motifs is 1. The molecule has 0 bridgehead atoms. The molecule has 0 aromatic heterocycles. The van der Waals surface area contributed by atoms with E-state index >= 15 is 0 Å². The van der Waals surface area contributed by atoms with Crippen molar-refractivity contribution in [2.45, 2.75) is 6.42 Å². The molecule has 5 heteroatoms. The van der Waals surface area contributed by atoms with E-state index in [0.717, 1.165) is 22.4 Å². The first kappa shape index (κ1) is 18.7. The minimum absolute atomic E-state index is 0.0850. The summed E-state index contributed by atoms with van der Waals surface area (Å²) in [6.45, 7) is 0.539. The van der Waals surface area contributed by atoms with Gasteiger partial charge in [-0.1, -0.05) is 60.7 Å². The Bertz CT molecular complexity index is 1080. The molecule has 0 spiro atoms. The van der Waals surface area contributed by atoms with Gasteiger partial charge in [-0.2, -0.15) is 0 Å². The number of rotatable bonds is 4. The Morgan fingerprint density at radius 2 is 1.59 bits per heavy atom. The minimum atomic E-state index is -0.563. The molecule has 1 heterocycles. The lowest BCUT2D eigenvalue weighted by atomic mass is 10.0. The molecule has 0 fully saturated rings. The molecule has 0 saturated heterocycles. The number of carbonyl (C=O) groups is 2. The largest absolute Gasteiger partial charge is 0.308 e. The van der Waals surface area contributed by atoms with Crippen molar-refractivity contribution >= 4 is 29.2 Å². The first-order chi connectivity index (χ1) is 14.2. The summed E-state index contributed by atoms with van der Waals surface area (Å²) in [6, 6.07) is 24.5. The predicted molar refractivity (Wildman–Crippen MR) is 113 cm³/mol. The molecule has 3 aromatic carbocycles. The zero-order valence-corrected chi connectivity index (χ0v) is 15.7. The fourth-order valence-electron chi connectivity index (χ4n) is 3.57. The number of benzene rings is 3. The summed E-state index contributed by atoms with van der Waals surface area (Å²) in [6.07, 6.45) is 2.56. The zero-order chi connectivity index (χ0) is 20.2. The average Bonchev–Trinajstić information content (AvgIpc) is 3.21. The molecule has 0 atom stereocenters. The van der Waals surface area contributed by atoms with E-state index in [1.54, 1.807) is 28.6 Å². The van der Waals surface area contributed by atoms with Crippen LogP contribution in [0.5, 0.6) is 0 Å². The molecule has 144 valence electrons. The van der Waals surface area contributed by atoms with Crippen LogP contribution in [0.3, 0.4) is 0 Å². The molecular weight excluding hydrogens is 364 g/mol. The molecule has 29 heavy (non-hydrogen) atoms. The summed E-state index contributed by atoms with van der Waals surface area (Å²) in [5.41, 5.74) is 6.13. The Morgan fingerprint density at radius 1 is 0.897 bits per heavy atom. The lowest BCUT2D eigenvalue weighted by Crippen LogP contribution is -2.29. The monoisotopic (exact) mass is 384 g/mol. The summed E-state index contributed by atoms with van der Waals surface area (Å²) in [5, 5.41) is 8.84. The van der Waals surface area contributed by atoms with Gasteiger partial charge in [0.25, 0.3) is 11.8 Å². The zero-order valence-electron chi connectivity index (χ0n) is 15.7. The summed E-state index contributed by atoms with van der Waals surface area (Å²) in [4.78, 5) is 26.9. The van der Waals surface area contributed by atoms with Crippen molar-refractivity contribution in [1.82, 2.24) is 5.48 Å². The molecule has 3 aromatic rings. The number of hydrogen-bond donors (Lipinski definition) is 2. The van der Waals surface area contributed by atoms with Crippen molar-refractivity contribution in [2.75, 3.05) is 11.4 Å². The maximum absolute atomic E-state index is 13.5. The Balaban J connectivity index is 1.72. The van der Waals surface area contributed by atoms with Gasteiger partial charge in [-0.15, -0.1) is 0 Å². The second-order valence-corrected chi connectivity index (χ2v) is 6.83. The quantitative estimate of drug-likeness (QED) is 0.310. The fourth-order valence-corrected chi connectivity index (χ4v) is 3.57. The predicted octanol–water partition coefficient (Wildman–Crippen LogP) is 3.94. The van der Waals surface area contributed by atoms with E-state index in [4.69, 9.17) is 5.21 Å². The van der Waals surface area contributed by atoms with Gasteiger partial charge in [-0.3, -0.25) is 14.8 Å². The second-order valence-electron chi connectivity index (χ2n) is 6.83. The second kappa shape index (κ2) is 8.12. The number of nitrogens with zero attached hydrogens (tertiary/aromatic N) is 1. The van der Waals surface area contributed by atoms with E-state index in [0.29, 0.717) is 24.1 Å². The minimum Gasteiger partial charge on any atom is -0.308 e. The van der Waals surface area contributed by atoms with Gasteiger partial charge in [0.1, 0.15) is 0 Å². The topological polar surface area (TPSA) is 69.6 Å². The normalized spacial score (nSPS) is 13.1. The van der Waals surface area contributed by atoms with Crippen LogP contribution in [-0.2, 0) is 11.2 Å². The fraction of sp³-hybridized carbons (Fsp3) is 0.0833. The molecule has 4 rings (SSSR count). The lowest BCUT2D eigenvalue weighted by molar-refractivity contribution is -0.113. The number of nitrogens with one attached hydrogen (secondary N) is 1. The standard InChI is InChI=1S/C24H20N2O3/c27-23(25-29)20-11-12-22-19(16-20)13-14-26(22)24(28)21(18-9-5-2-6-10-18)15-17-7-3-1-4-8-17/h1-12,15-16,29H,13-14H2,(H,25,27)/b21-15+. The van der Waals surface area contributed by atoms with Gasteiger partial charge in [-0.25, -0.2) is 5.48 Å². The molecule has 0 saturated carbocycles. The highest BCUT2D eigenvalue weighted by Gasteiger charge is 2.28. The van der Waals surface area contributed by atoms with Gasteiger partial charge in [0.15, 0.2) is 0 Å². The molecule has 1 aliphatic rings. The third kappa shape index (κ3) is 3.81. The smallest absolute Gasteiger partial charge is 0.274 e. The van der Waals surface area contributed by atoms with E-state index in [1.807, 2.05) is 66.7 Å². The van der Waals surface area contributed by atoms with Crippen LogP contribution in [0.25, 0.3) is 11.6 Å². The molecule has 2 amide bonds. The summed E-state index contributed by atoms with van der Waals surface area (Å²) >= 11 is 0. The number of anilines is 1. The Kier molecular flexibility index (Phi) is 5.22. The van der Waals surface area contributed by atoms with E-state index in [1.165, 1.54) is 0 Å². The van der Waals surface area contributed by atoms with Gasteiger partial charge >= 0.3 is 0 Å². The molecular formula is C24H20N2O3. The molecule has 5 nitrogen and oxygen atoms in total. The summed E-state index contributed by atoms with van der Waals surface area (Å²) in [7, 11) is 0. The average molecular weight is 384 g/mol. The number of hydrogen-bond acceptors (Lipinski definition) is 3. The van der Waals surface area contributed by atoms with Crippen LogP contribution in [0.2, 0.25) is 0 Å². The van der Waals surface area contributed by atoms with Crippen LogP contribution in [0.4, 0.5) is 5.69 Å². The number of hydroxylamine groups is 1. The highest BCUT2D eigenvalue weighted by atomic mass is 16.5. The SMILES string of the molecule is O=C(NO)c1ccc2c(c1)CCN2C(=O)/C(=C/c1ccccc1)c1ccccc1. The lowest BCUT2D eigenvalue weighted by Gasteiger charge is -2.20. The van der Waals surface area contributed by atoms with Crippen molar-refractivity contribution in [2.24, 2.45) is 0 Å². The van der Waals surface area contributed by atoms with Crippen LogP contribution >= 0.6 is 0 Å². The van der Waals surface area contributed by atoms with E-state index in [-0.39, 0.29) is 5.91 Å². The molecule has 0 unspecified atom stereocenters. The van der Waals surface area contributed by atoms with Crippen LogP contribution < -0.4 is 10.4 Å². The number of amides is 2. The highest BCUT2D eigenvalue weighted by Crippen LogP contribution is 2.32. The van der Waals surface area contributed by atoms with Gasteiger partial charge in [-0.05, 0) is 47.4 Å². The van der Waals surface area contributed by atoms with Crippen molar-refractivity contribution in [3.05, 3.63) is 101 Å². The van der Waals surface area contributed by atoms with E-state index in [9.17, 15) is 9.59 Å². The van der Waals surface area contributed by atoms with Crippen LogP contribution in [-0.4, -0.2) is 23.6 Å². The molecule has 0 radical (unpaired) electrons. The maximum atomic E-state index is 13.5. The third-order valence-corrected chi connectivity index (χ3v) is 5.01. The van der Waals surface area contributed by atoms with E-state index in [2.05, 4.69) is 0 Å². The van der Waals surface area contributed by atoms with Crippen molar-refractivity contribution in [1.29, 1.82) is 0 Å². The van der Waals surface area contributed by atoms with Crippen molar-refractivity contribution < 1.29 is 14.8 Å². The van der Waals surface area contributed by atoms with Crippen LogP contribution in [0, 0.1) is 0 Å². The van der Waals surface area contributed by atoms with E-state index < -0.39 is 5.91 Å². The molecule has 2 N–H and O–H groups in total. The van der Waals surface area contributed by atoms with Gasteiger partial charge in [0.05, 0.1) is 0 Å². The van der Waals surface area contributed by atoms with Crippen molar-refractivity contribution in [3.8, 4) is 0 Å². The first-order valence-corrected chi connectivity index (χ1v) is 9.39. The van der Waals surface area contributed by atoms with Gasteiger partial charge in [0, 0.05) is 23.4 Å². The Hall–Kier alpha value is -3.70. The first-order valence-electron chi connectivity index (χ1n) is 9.39. The summed E-state index contributed by atoms with van der Waals surface area (Å²) in [5.74, 6) is -0.648. The summed E-state index contributed by atoms with van der Waals surface area (Å²) < 4.78 is 0. The van der Waals surface area contributed by atoms with Gasteiger partial charge < -0.3 is 4.90 Å².